The van der Waals surface area contributed by atoms with Crippen LogP contribution in [0.1, 0.15) is 39.9 Å². The predicted molar refractivity (Wildman–Crippen MR) is 86.0 cm³/mol. The zero-order valence-corrected chi connectivity index (χ0v) is 14.1. The van der Waals surface area contributed by atoms with Crippen molar-refractivity contribution in [3.05, 3.63) is 18.1 Å². The van der Waals surface area contributed by atoms with Crippen LogP contribution < -0.4 is 4.90 Å². The molecule has 124 valence electrons. The number of hydrogen-bond acceptors (Lipinski definition) is 6. The number of hydrogen-bond donors (Lipinski definition) is 0. The monoisotopic (exact) mass is 317 g/mol. The highest BCUT2D eigenvalue weighted by molar-refractivity contribution is 5.68. The fourth-order valence-corrected chi connectivity index (χ4v) is 2.56. The second-order valence-corrected chi connectivity index (χ2v) is 6.67. The predicted octanol–water partition coefficient (Wildman–Crippen LogP) is 2.18. The Morgan fingerprint density at radius 1 is 1.43 bits per heavy atom. The van der Waals surface area contributed by atoms with E-state index in [9.17, 15) is 4.79 Å². The molecule has 1 aliphatic heterocycles. The van der Waals surface area contributed by atoms with Crippen LogP contribution >= 0.6 is 0 Å². The molecule has 1 aromatic rings. The van der Waals surface area contributed by atoms with Crippen LogP contribution in [0.25, 0.3) is 0 Å². The molecule has 1 amide bonds. The number of carbonyl (C=O) groups excluding carboxylic acids is 1. The molecular formula is C16H23N5O2. The van der Waals surface area contributed by atoms with E-state index in [1.165, 1.54) is 0 Å². The van der Waals surface area contributed by atoms with Gasteiger partial charge < -0.3 is 14.5 Å². The van der Waals surface area contributed by atoms with Gasteiger partial charge in [-0.25, -0.2) is 14.8 Å². The second-order valence-electron chi connectivity index (χ2n) is 6.67. The Hall–Kier alpha value is -2.36. The standard InChI is InChI=1S/C16H23N5O2/c1-12-11-20(15(22)23-16(2,3)4)8-5-9-21(12)14-6-7-18-13(10-17)19-14/h6-7,12H,5,8-9,11H2,1-4H3/t12-/m0/s1. The Balaban J connectivity index is 2.10. The highest BCUT2D eigenvalue weighted by atomic mass is 16.6. The molecule has 0 spiro atoms. The van der Waals surface area contributed by atoms with Crippen LogP contribution in [0.2, 0.25) is 0 Å². The van der Waals surface area contributed by atoms with Gasteiger partial charge in [0.2, 0.25) is 5.82 Å². The average molecular weight is 317 g/mol. The van der Waals surface area contributed by atoms with E-state index in [0.29, 0.717) is 13.1 Å². The third-order valence-electron chi connectivity index (χ3n) is 3.53. The average Bonchev–Trinajstić information content (AvgIpc) is 2.67. The number of aromatic nitrogens is 2. The summed E-state index contributed by atoms with van der Waals surface area (Å²) in [6.07, 6.45) is 2.12. The summed E-state index contributed by atoms with van der Waals surface area (Å²) in [7, 11) is 0. The van der Waals surface area contributed by atoms with Crippen LogP contribution in [-0.4, -0.2) is 52.2 Å². The van der Waals surface area contributed by atoms with E-state index >= 15 is 0 Å². The zero-order chi connectivity index (χ0) is 17.0. The maximum absolute atomic E-state index is 12.3. The number of nitriles is 1. The van der Waals surface area contributed by atoms with Crippen LogP contribution in [0.4, 0.5) is 10.6 Å². The van der Waals surface area contributed by atoms with Crippen molar-refractivity contribution in [2.75, 3.05) is 24.5 Å². The lowest BCUT2D eigenvalue weighted by atomic mass is 10.2. The summed E-state index contributed by atoms with van der Waals surface area (Å²) in [4.78, 5) is 24.3. The minimum Gasteiger partial charge on any atom is -0.444 e. The summed E-state index contributed by atoms with van der Waals surface area (Å²) in [5.74, 6) is 0.873. The Morgan fingerprint density at radius 3 is 2.83 bits per heavy atom. The SMILES string of the molecule is C[C@H]1CN(C(=O)OC(C)(C)C)CCCN1c1ccnc(C#N)n1. The summed E-state index contributed by atoms with van der Waals surface area (Å²) in [6, 6.07) is 3.82. The molecule has 23 heavy (non-hydrogen) atoms. The van der Waals surface area contributed by atoms with Crippen molar-refractivity contribution in [2.24, 2.45) is 0 Å². The maximum Gasteiger partial charge on any atom is 0.410 e. The van der Waals surface area contributed by atoms with Gasteiger partial charge in [0.15, 0.2) is 0 Å². The summed E-state index contributed by atoms with van der Waals surface area (Å²) in [5, 5.41) is 8.94. The lowest BCUT2D eigenvalue weighted by Gasteiger charge is -2.30. The smallest absolute Gasteiger partial charge is 0.410 e. The molecule has 1 aromatic heterocycles. The summed E-state index contributed by atoms with van der Waals surface area (Å²) < 4.78 is 5.46. The summed E-state index contributed by atoms with van der Waals surface area (Å²) in [5.41, 5.74) is -0.499. The van der Waals surface area contributed by atoms with Crippen molar-refractivity contribution in [2.45, 2.75) is 45.8 Å². The van der Waals surface area contributed by atoms with E-state index in [0.717, 1.165) is 18.8 Å². The first-order valence-corrected chi connectivity index (χ1v) is 7.78. The van der Waals surface area contributed by atoms with E-state index in [-0.39, 0.29) is 18.0 Å². The van der Waals surface area contributed by atoms with Gasteiger partial charge in [-0.3, -0.25) is 0 Å². The van der Waals surface area contributed by atoms with Crippen molar-refractivity contribution < 1.29 is 9.53 Å². The fourth-order valence-electron chi connectivity index (χ4n) is 2.56. The molecule has 2 heterocycles. The molecule has 7 heteroatoms. The highest BCUT2D eigenvalue weighted by Gasteiger charge is 2.28. The van der Waals surface area contributed by atoms with Crippen molar-refractivity contribution in [1.29, 1.82) is 5.26 Å². The first-order chi connectivity index (χ1) is 10.8. The Labute approximate surface area is 136 Å². The molecule has 0 saturated carbocycles. The maximum atomic E-state index is 12.3. The molecule has 1 fully saturated rings. The van der Waals surface area contributed by atoms with Gasteiger partial charge in [-0.05, 0) is 40.2 Å². The quantitative estimate of drug-likeness (QED) is 0.789. The fraction of sp³-hybridized carbons (Fsp3) is 0.625. The molecular weight excluding hydrogens is 294 g/mol. The molecule has 1 saturated heterocycles. The van der Waals surface area contributed by atoms with E-state index < -0.39 is 5.60 Å². The molecule has 0 N–H and O–H groups in total. The zero-order valence-electron chi connectivity index (χ0n) is 14.1. The molecule has 2 rings (SSSR count). The third kappa shape index (κ3) is 4.55. The molecule has 0 bridgehead atoms. The van der Waals surface area contributed by atoms with Gasteiger partial charge in [0, 0.05) is 31.9 Å². The van der Waals surface area contributed by atoms with E-state index in [4.69, 9.17) is 10.00 Å². The normalized spacial score (nSPS) is 19.0. The highest BCUT2D eigenvalue weighted by Crippen LogP contribution is 2.19. The van der Waals surface area contributed by atoms with E-state index in [1.54, 1.807) is 17.2 Å². The first kappa shape index (κ1) is 17.0. The molecule has 0 aromatic carbocycles. The second kappa shape index (κ2) is 6.82. The Morgan fingerprint density at radius 2 is 2.17 bits per heavy atom. The molecule has 7 nitrogen and oxygen atoms in total. The minimum atomic E-state index is -0.499. The number of ether oxygens (including phenoxy) is 1. The van der Waals surface area contributed by atoms with Gasteiger partial charge in [-0.15, -0.1) is 0 Å². The number of anilines is 1. The third-order valence-corrected chi connectivity index (χ3v) is 3.53. The van der Waals surface area contributed by atoms with E-state index in [1.807, 2.05) is 33.8 Å². The van der Waals surface area contributed by atoms with Crippen molar-refractivity contribution in [3.8, 4) is 6.07 Å². The van der Waals surface area contributed by atoms with Gasteiger partial charge in [0.05, 0.1) is 0 Å². The number of rotatable bonds is 1. The number of nitrogens with zero attached hydrogens (tertiary/aromatic N) is 5. The Kier molecular flexibility index (Phi) is 5.04. The van der Waals surface area contributed by atoms with Gasteiger partial charge in [-0.2, -0.15) is 5.26 Å². The largest absolute Gasteiger partial charge is 0.444 e. The molecule has 0 radical (unpaired) electrons. The minimum absolute atomic E-state index is 0.0754. The lowest BCUT2D eigenvalue weighted by molar-refractivity contribution is 0.0252. The lowest BCUT2D eigenvalue weighted by Crippen LogP contribution is -2.43. The summed E-state index contributed by atoms with van der Waals surface area (Å²) >= 11 is 0. The Bertz CT molecular complexity index is 605. The van der Waals surface area contributed by atoms with Gasteiger partial charge in [0.1, 0.15) is 17.5 Å². The van der Waals surface area contributed by atoms with Gasteiger partial charge in [-0.1, -0.05) is 0 Å². The van der Waals surface area contributed by atoms with Crippen molar-refractivity contribution >= 4 is 11.9 Å². The van der Waals surface area contributed by atoms with E-state index in [2.05, 4.69) is 14.9 Å². The van der Waals surface area contributed by atoms with Crippen LogP contribution in [0.15, 0.2) is 12.3 Å². The van der Waals surface area contributed by atoms with Crippen LogP contribution in [0, 0.1) is 11.3 Å². The first-order valence-electron chi connectivity index (χ1n) is 7.78. The molecule has 1 atom stereocenters. The van der Waals surface area contributed by atoms with Crippen molar-refractivity contribution in [1.82, 2.24) is 14.9 Å². The number of amides is 1. The summed E-state index contributed by atoms with van der Waals surface area (Å²) in [6.45, 7) is 9.60. The molecule has 1 aliphatic rings. The van der Waals surface area contributed by atoms with Crippen LogP contribution in [-0.2, 0) is 4.74 Å². The number of carbonyl (C=O) groups is 1. The van der Waals surface area contributed by atoms with Crippen molar-refractivity contribution in [3.63, 3.8) is 0 Å². The topological polar surface area (TPSA) is 82.4 Å². The van der Waals surface area contributed by atoms with Crippen LogP contribution in [0.3, 0.4) is 0 Å². The molecule has 0 aliphatic carbocycles. The van der Waals surface area contributed by atoms with Gasteiger partial charge in [0.25, 0.3) is 0 Å². The molecule has 0 unspecified atom stereocenters. The van der Waals surface area contributed by atoms with Gasteiger partial charge >= 0.3 is 6.09 Å². The van der Waals surface area contributed by atoms with Crippen LogP contribution in [0.5, 0.6) is 0 Å².